The number of hydrogen-bond donors (Lipinski definition) is 2. The third kappa shape index (κ3) is 3.35. The van der Waals surface area contributed by atoms with Crippen LogP contribution in [0, 0.1) is 11.6 Å². The lowest BCUT2D eigenvalue weighted by Crippen LogP contribution is -2.17. The highest BCUT2D eigenvalue weighted by Crippen LogP contribution is 2.31. The third-order valence-electron chi connectivity index (χ3n) is 2.80. The van der Waals surface area contributed by atoms with Crippen LogP contribution in [0.3, 0.4) is 0 Å². The van der Waals surface area contributed by atoms with E-state index in [4.69, 9.17) is 11.5 Å². The molecule has 18 heavy (non-hydrogen) atoms. The van der Waals surface area contributed by atoms with Crippen molar-refractivity contribution in [2.75, 3.05) is 12.8 Å². The third-order valence-corrected chi connectivity index (χ3v) is 4.00. The summed E-state index contributed by atoms with van der Waals surface area (Å²) in [5, 5.41) is 0.378. The molecule has 4 N–H and O–H groups in total. The molecule has 0 saturated heterocycles. The summed E-state index contributed by atoms with van der Waals surface area (Å²) in [6.07, 6.45) is 0. The molecule has 100 valence electrons. The minimum absolute atomic E-state index is 0.0376. The Labute approximate surface area is 110 Å². The van der Waals surface area contributed by atoms with Gasteiger partial charge in [-0.25, -0.2) is 8.78 Å². The second-order valence-corrected chi connectivity index (χ2v) is 5.48. The summed E-state index contributed by atoms with van der Waals surface area (Å²) in [5.74, 6) is -2.00. The summed E-state index contributed by atoms with van der Waals surface area (Å²) in [6, 6.07) is 2.44. The number of nitrogen functional groups attached to an aromatic ring is 1. The Hall–Kier alpha value is -1.30. The van der Waals surface area contributed by atoms with Gasteiger partial charge in [-0.15, -0.1) is 0 Å². The smallest absolute Gasteiger partial charge is 0.162 e. The molecule has 0 fully saturated rings. The summed E-state index contributed by atoms with van der Waals surface area (Å²) >= 11 is 1.32. The quantitative estimate of drug-likeness (QED) is 0.505. The first-order chi connectivity index (χ1) is 8.36. The maximum Gasteiger partial charge on any atom is 0.162 e. The number of rotatable bonds is 3. The molecule has 0 bridgehead atoms. The second kappa shape index (κ2) is 6.04. The largest absolute Gasteiger partial charge is 0.399 e. The number of thioether (sulfide) groups is 1. The molecule has 1 aromatic carbocycles. The number of benzene rings is 1. The van der Waals surface area contributed by atoms with Gasteiger partial charge in [0.05, 0.1) is 0 Å². The van der Waals surface area contributed by atoms with Gasteiger partial charge < -0.3 is 11.5 Å². The first-order valence-corrected chi connectivity index (χ1v) is 6.38. The normalized spacial score (nSPS) is 15.5. The average molecular weight is 273 g/mol. The minimum Gasteiger partial charge on any atom is -0.399 e. The first-order valence-electron chi connectivity index (χ1n) is 5.50. The number of halogens is 2. The van der Waals surface area contributed by atoms with Crippen molar-refractivity contribution in [3.8, 4) is 0 Å². The van der Waals surface area contributed by atoms with Gasteiger partial charge in [0.25, 0.3) is 0 Å². The SMILES string of the molecule is CN=C(N)SC(C)[C@@H](C)c1cc(N)cc(F)c1F. The predicted molar refractivity (Wildman–Crippen MR) is 73.8 cm³/mol. The fraction of sp³-hybridized carbons (Fsp3) is 0.417. The lowest BCUT2D eigenvalue weighted by atomic mass is 9.97. The lowest BCUT2D eigenvalue weighted by Gasteiger charge is -2.20. The molecular formula is C12H17F2N3S. The van der Waals surface area contributed by atoms with E-state index in [0.717, 1.165) is 6.07 Å². The van der Waals surface area contributed by atoms with E-state index >= 15 is 0 Å². The van der Waals surface area contributed by atoms with E-state index in [1.54, 1.807) is 14.0 Å². The lowest BCUT2D eigenvalue weighted by molar-refractivity contribution is 0.491. The van der Waals surface area contributed by atoms with Crippen molar-refractivity contribution in [1.29, 1.82) is 0 Å². The van der Waals surface area contributed by atoms with Crippen molar-refractivity contribution in [2.24, 2.45) is 10.7 Å². The minimum atomic E-state index is -0.925. The molecule has 1 rings (SSSR count). The number of nitrogens with zero attached hydrogens (tertiary/aromatic N) is 1. The Bertz CT molecular complexity index is 463. The van der Waals surface area contributed by atoms with Crippen LogP contribution in [0.15, 0.2) is 17.1 Å². The standard InChI is InChI=1S/C12H17F2N3S/c1-6(7(2)18-12(16)17-3)9-4-8(15)5-10(13)11(9)14/h4-7H,15H2,1-3H3,(H2,16,17)/t6-,7?/m1/s1. The zero-order chi connectivity index (χ0) is 13.9. The average Bonchev–Trinajstić information content (AvgIpc) is 2.32. The molecule has 0 amide bonds. The summed E-state index contributed by atoms with van der Waals surface area (Å²) in [4.78, 5) is 3.83. The van der Waals surface area contributed by atoms with Crippen LogP contribution in [0.25, 0.3) is 0 Å². The predicted octanol–water partition coefficient (Wildman–Crippen LogP) is 2.72. The summed E-state index contributed by atoms with van der Waals surface area (Å²) in [6.45, 7) is 3.69. The highest BCUT2D eigenvalue weighted by Gasteiger charge is 2.22. The van der Waals surface area contributed by atoms with Gasteiger partial charge in [0.15, 0.2) is 16.8 Å². The van der Waals surface area contributed by atoms with Gasteiger partial charge in [0.2, 0.25) is 0 Å². The van der Waals surface area contributed by atoms with Crippen LogP contribution < -0.4 is 11.5 Å². The van der Waals surface area contributed by atoms with Crippen molar-refractivity contribution in [3.05, 3.63) is 29.3 Å². The van der Waals surface area contributed by atoms with Crippen LogP contribution in [0.1, 0.15) is 25.3 Å². The second-order valence-electron chi connectivity index (χ2n) is 4.08. The van der Waals surface area contributed by atoms with E-state index in [1.807, 2.05) is 6.92 Å². The van der Waals surface area contributed by atoms with E-state index in [9.17, 15) is 8.78 Å². The van der Waals surface area contributed by atoms with Gasteiger partial charge in [0, 0.05) is 18.0 Å². The van der Waals surface area contributed by atoms with E-state index in [1.165, 1.54) is 17.8 Å². The highest BCUT2D eigenvalue weighted by atomic mass is 32.2. The van der Waals surface area contributed by atoms with Gasteiger partial charge in [-0.05, 0) is 23.6 Å². The zero-order valence-electron chi connectivity index (χ0n) is 10.6. The molecule has 0 aliphatic carbocycles. The molecular weight excluding hydrogens is 256 g/mol. The van der Waals surface area contributed by atoms with Crippen molar-refractivity contribution in [1.82, 2.24) is 0 Å². The number of hydrogen-bond acceptors (Lipinski definition) is 3. The van der Waals surface area contributed by atoms with Crippen molar-refractivity contribution >= 4 is 22.6 Å². The first kappa shape index (κ1) is 14.8. The van der Waals surface area contributed by atoms with Crippen molar-refractivity contribution in [3.63, 3.8) is 0 Å². The zero-order valence-corrected chi connectivity index (χ0v) is 11.4. The van der Waals surface area contributed by atoms with Gasteiger partial charge >= 0.3 is 0 Å². The Morgan fingerprint density at radius 2 is 1.94 bits per heavy atom. The maximum absolute atomic E-state index is 13.7. The van der Waals surface area contributed by atoms with Crippen molar-refractivity contribution in [2.45, 2.75) is 25.0 Å². The molecule has 0 aromatic heterocycles. The molecule has 0 aliphatic heterocycles. The van der Waals surface area contributed by atoms with Crippen LogP contribution in [0.5, 0.6) is 0 Å². The topological polar surface area (TPSA) is 64.4 Å². The number of nitrogens with two attached hydrogens (primary N) is 2. The van der Waals surface area contributed by atoms with Gasteiger partial charge in [-0.3, -0.25) is 4.99 Å². The molecule has 0 radical (unpaired) electrons. The molecule has 0 aliphatic rings. The van der Waals surface area contributed by atoms with Gasteiger partial charge in [-0.2, -0.15) is 0 Å². The maximum atomic E-state index is 13.7. The summed E-state index contributed by atoms with van der Waals surface area (Å²) < 4.78 is 27.0. The number of amidine groups is 1. The molecule has 1 aromatic rings. The Balaban J connectivity index is 3.00. The Kier molecular flexibility index (Phi) is 4.95. The number of anilines is 1. The van der Waals surface area contributed by atoms with E-state index in [-0.39, 0.29) is 22.4 Å². The molecule has 1 unspecified atom stereocenters. The number of aliphatic imine (C=N–C) groups is 1. The van der Waals surface area contributed by atoms with Gasteiger partial charge in [0.1, 0.15) is 0 Å². The van der Waals surface area contributed by atoms with Gasteiger partial charge in [-0.1, -0.05) is 25.6 Å². The van der Waals surface area contributed by atoms with E-state index < -0.39 is 11.6 Å². The van der Waals surface area contributed by atoms with Crippen LogP contribution >= 0.6 is 11.8 Å². The Morgan fingerprint density at radius 3 is 2.50 bits per heavy atom. The summed E-state index contributed by atoms with van der Waals surface area (Å²) in [7, 11) is 1.58. The van der Waals surface area contributed by atoms with Crippen molar-refractivity contribution < 1.29 is 8.78 Å². The fourth-order valence-electron chi connectivity index (χ4n) is 1.56. The van der Waals surface area contributed by atoms with Crippen LogP contribution in [-0.4, -0.2) is 17.5 Å². The molecule has 2 atom stereocenters. The molecule has 0 heterocycles. The Morgan fingerprint density at radius 1 is 1.33 bits per heavy atom. The van der Waals surface area contributed by atoms with Crippen LogP contribution in [-0.2, 0) is 0 Å². The summed E-state index contributed by atoms with van der Waals surface area (Å²) in [5.41, 5.74) is 11.6. The fourth-order valence-corrected chi connectivity index (χ4v) is 2.40. The highest BCUT2D eigenvalue weighted by molar-refractivity contribution is 8.14. The molecule has 3 nitrogen and oxygen atoms in total. The molecule has 0 spiro atoms. The van der Waals surface area contributed by atoms with E-state index in [2.05, 4.69) is 4.99 Å². The molecule has 6 heteroatoms. The van der Waals surface area contributed by atoms with E-state index in [0.29, 0.717) is 5.17 Å². The molecule has 0 saturated carbocycles. The monoisotopic (exact) mass is 273 g/mol. The van der Waals surface area contributed by atoms with Crippen LogP contribution in [0.2, 0.25) is 0 Å². The van der Waals surface area contributed by atoms with Crippen LogP contribution in [0.4, 0.5) is 14.5 Å².